The average Bonchev–Trinajstić information content (AvgIpc) is 2.86. The minimum absolute atomic E-state index is 0.471. The van der Waals surface area contributed by atoms with Crippen LogP contribution < -0.4 is 5.32 Å². The predicted molar refractivity (Wildman–Crippen MR) is 75.5 cm³/mol. The molecule has 0 radical (unpaired) electrons. The number of benzene rings is 1. The van der Waals surface area contributed by atoms with Gasteiger partial charge in [0, 0.05) is 31.3 Å². The van der Waals surface area contributed by atoms with E-state index in [9.17, 15) is 0 Å². The third-order valence-corrected chi connectivity index (χ3v) is 3.46. The molecular weight excluding hydrogens is 287 g/mol. The van der Waals surface area contributed by atoms with E-state index in [1.54, 1.807) is 19.4 Å². The van der Waals surface area contributed by atoms with Crippen molar-refractivity contribution in [2.75, 3.05) is 20.3 Å². The van der Waals surface area contributed by atoms with Gasteiger partial charge in [0.2, 0.25) is 0 Å². The lowest BCUT2D eigenvalue weighted by atomic mass is 10.1. The largest absolute Gasteiger partial charge is 0.383 e. The maximum Gasteiger partial charge on any atom is 0.172 e. The summed E-state index contributed by atoms with van der Waals surface area (Å²) in [7, 11) is 1.66. The van der Waals surface area contributed by atoms with Gasteiger partial charge < -0.3 is 14.6 Å². The SMILES string of the molecule is COCCNCc1cnoc1-c1cccc(Cl)c1Cl. The lowest BCUT2D eigenvalue weighted by Gasteiger charge is -2.06. The molecule has 0 aliphatic rings. The van der Waals surface area contributed by atoms with E-state index in [1.165, 1.54) is 0 Å². The first kappa shape index (κ1) is 14.3. The van der Waals surface area contributed by atoms with E-state index in [2.05, 4.69) is 10.5 Å². The molecule has 1 N–H and O–H groups in total. The minimum atomic E-state index is 0.471. The van der Waals surface area contributed by atoms with E-state index < -0.39 is 0 Å². The molecule has 0 aliphatic carbocycles. The number of nitrogens with zero attached hydrogens (tertiary/aromatic N) is 1. The second-order valence-electron chi connectivity index (χ2n) is 3.95. The summed E-state index contributed by atoms with van der Waals surface area (Å²) in [5, 5.41) is 8.02. The standard InChI is InChI=1S/C13H14Cl2N2O2/c1-18-6-5-16-7-9-8-17-19-13(9)10-3-2-4-11(14)12(10)15/h2-4,8,16H,5-7H2,1H3. The van der Waals surface area contributed by atoms with Gasteiger partial charge in [-0.3, -0.25) is 0 Å². The van der Waals surface area contributed by atoms with Crippen LogP contribution in [-0.4, -0.2) is 25.4 Å². The van der Waals surface area contributed by atoms with Crippen LogP contribution in [0.3, 0.4) is 0 Å². The van der Waals surface area contributed by atoms with Crippen molar-refractivity contribution in [1.82, 2.24) is 10.5 Å². The highest BCUT2D eigenvalue weighted by Crippen LogP contribution is 2.34. The van der Waals surface area contributed by atoms with Crippen LogP contribution in [0.1, 0.15) is 5.56 Å². The van der Waals surface area contributed by atoms with E-state index in [1.807, 2.05) is 12.1 Å². The number of ether oxygens (including phenoxy) is 1. The Bertz CT molecular complexity index is 543. The summed E-state index contributed by atoms with van der Waals surface area (Å²) in [6, 6.07) is 5.42. The molecule has 0 fully saturated rings. The molecule has 102 valence electrons. The first-order valence-electron chi connectivity index (χ1n) is 5.81. The molecule has 0 saturated carbocycles. The molecule has 0 saturated heterocycles. The molecule has 19 heavy (non-hydrogen) atoms. The topological polar surface area (TPSA) is 47.3 Å². The van der Waals surface area contributed by atoms with E-state index in [4.69, 9.17) is 32.5 Å². The maximum absolute atomic E-state index is 6.18. The number of hydrogen-bond donors (Lipinski definition) is 1. The molecule has 2 rings (SSSR count). The van der Waals surface area contributed by atoms with Gasteiger partial charge in [-0.05, 0) is 12.1 Å². The van der Waals surface area contributed by atoms with E-state index in [0.717, 1.165) is 17.7 Å². The van der Waals surface area contributed by atoms with E-state index in [0.29, 0.717) is 29.0 Å². The molecule has 4 nitrogen and oxygen atoms in total. The predicted octanol–water partition coefficient (Wildman–Crippen LogP) is 3.38. The van der Waals surface area contributed by atoms with Gasteiger partial charge >= 0.3 is 0 Å². The quantitative estimate of drug-likeness (QED) is 0.831. The summed E-state index contributed by atoms with van der Waals surface area (Å²) >= 11 is 12.2. The zero-order valence-electron chi connectivity index (χ0n) is 10.5. The fourth-order valence-electron chi connectivity index (χ4n) is 1.68. The Kier molecular flexibility index (Phi) is 5.22. The molecule has 1 aromatic carbocycles. The van der Waals surface area contributed by atoms with Gasteiger partial charge in [-0.25, -0.2) is 0 Å². The second kappa shape index (κ2) is 6.91. The van der Waals surface area contributed by atoms with Gasteiger partial charge in [0.1, 0.15) is 0 Å². The van der Waals surface area contributed by atoms with Crippen molar-refractivity contribution in [2.24, 2.45) is 0 Å². The van der Waals surface area contributed by atoms with Crippen molar-refractivity contribution in [3.8, 4) is 11.3 Å². The normalized spacial score (nSPS) is 10.9. The molecular formula is C13H14Cl2N2O2. The Morgan fingerprint density at radius 2 is 2.21 bits per heavy atom. The molecule has 0 aliphatic heterocycles. The van der Waals surface area contributed by atoms with Crippen molar-refractivity contribution in [3.05, 3.63) is 40.0 Å². The highest BCUT2D eigenvalue weighted by molar-refractivity contribution is 6.43. The third-order valence-electron chi connectivity index (χ3n) is 2.64. The summed E-state index contributed by atoms with van der Waals surface area (Å²) in [4.78, 5) is 0. The van der Waals surface area contributed by atoms with Crippen LogP contribution in [0.5, 0.6) is 0 Å². The smallest absolute Gasteiger partial charge is 0.172 e. The Morgan fingerprint density at radius 1 is 1.37 bits per heavy atom. The number of rotatable bonds is 6. The van der Waals surface area contributed by atoms with Gasteiger partial charge in [0.25, 0.3) is 0 Å². The molecule has 1 heterocycles. The van der Waals surface area contributed by atoms with Gasteiger partial charge in [0.05, 0.1) is 22.8 Å². The molecule has 0 unspecified atom stereocenters. The number of nitrogens with one attached hydrogen (secondary N) is 1. The summed E-state index contributed by atoms with van der Waals surface area (Å²) in [5.74, 6) is 0.636. The fourth-order valence-corrected chi connectivity index (χ4v) is 2.07. The molecule has 0 amide bonds. The Morgan fingerprint density at radius 3 is 3.00 bits per heavy atom. The third kappa shape index (κ3) is 3.48. The van der Waals surface area contributed by atoms with Crippen LogP contribution in [0.15, 0.2) is 28.9 Å². The van der Waals surface area contributed by atoms with Crippen LogP contribution in [-0.2, 0) is 11.3 Å². The van der Waals surface area contributed by atoms with E-state index in [-0.39, 0.29) is 0 Å². The molecule has 0 spiro atoms. The lowest BCUT2D eigenvalue weighted by molar-refractivity contribution is 0.199. The van der Waals surface area contributed by atoms with Gasteiger partial charge in [0.15, 0.2) is 5.76 Å². The van der Waals surface area contributed by atoms with Crippen LogP contribution in [0.25, 0.3) is 11.3 Å². The number of aromatic nitrogens is 1. The zero-order chi connectivity index (χ0) is 13.7. The Labute approximate surface area is 121 Å². The summed E-state index contributed by atoms with van der Waals surface area (Å²) < 4.78 is 10.3. The molecule has 1 aromatic heterocycles. The van der Waals surface area contributed by atoms with Crippen molar-refractivity contribution >= 4 is 23.2 Å². The first-order valence-corrected chi connectivity index (χ1v) is 6.57. The Hall–Kier alpha value is -1.07. The van der Waals surface area contributed by atoms with Gasteiger partial charge in [-0.15, -0.1) is 0 Å². The van der Waals surface area contributed by atoms with Crippen LogP contribution in [0.2, 0.25) is 10.0 Å². The van der Waals surface area contributed by atoms with Gasteiger partial charge in [-0.2, -0.15) is 0 Å². The first-order chi connectivity index (χ1) is 9.24. The Balaban J connectivity index is 2.17. The number of halogens is 2. The van der Waals surface area contributed by atoms with Crippen molar-refractivity contribution < 1.29 is 9.26 Å². The van der Waals surface area contributed by atoms with Crippen molar-refractivity contribution in [2.45, 2.75) is 6.54 Å². The molecule has 2 aromatic rings. The highest BCUT2D eigenvalue weighted by atomic mass is 35.5. The van der Waals surface area contributed by atoms with E-state index >= 15 is 0 Å². The molecule has 0 atom stereocenters. The second-order valence-corrected chi connectivity index (χ2v) is 4.74. The van der Waals surface area contributed by atoms with Crippen molar-refractivity contribution in [1.29, 1.82) is 0 Å². The van der Waals surface area contributed by atoms with Crippen molar-refractivity contribution in [3.63, 3.8) is 0 Å². The molecule has 0 bridgehead atoms. The average molecular weight is 301 g/mol. The lowest BCUT2D eigenvalue weighted by Crippen LogP contribution is -2.18. The summed E-state index contributed by atoms with van der Waals surface area (Å²) in [6.45, 7) is 2.04. The fraction of sp³-hybridized carbons (Fsp3) is 0.308. The minimum Gasteiger partial charge on any atom is -0.383 e. The van der Waals surface area contributed by atoms with Gasteiger partial charge in [-0.1, -0.05) is 34.4 Å². The van der Waals surface area contributed by atoms with Crippen LogP contribution in [0.4, 0.5) is 0 Å². The summed E-state index contributed by atoms with van der Waals surface area (Å²) in [5.41, 5.74) is 1.68. The zero-order valence-corrected chi connectivity index (χ0v) is 12.0. The maximum atomic E-state index is 6.18. The number of hydrogen-bond acceptors (Lipinski definition) is 4. The monoisotopic (exact) mass is 300 g/mol. The van der Waals surface area contributed by atoms with Crippen LogP contribution >= 0.6 is 23.2 Å². The van der Waals surface area contributed by atoms with Crippen LogP contribution in [0, 0.1) is 0 Å². The number of methoxy groups -OCH3 is 1. The summed E-state index contributed by atoms with van der Waals surface area (Å²) in [6.07, 6.45) is 1.67. The highest BCUT2D eigenvalue weighted by Gasteiger charge is 2.15. The molecule has 6 heteroatoms.